The van der Waals surface area contributed by atoms with Crippen LogP contribution in [0.4, 0.5) is 0 Å². The van der Waals surface area contributed by atoms with E-state index in [0.717, 1.165) is 12.0 Å². The first-order valence-electron chi connectivity index (χ1n) is 6.99. The lowest BCUT2D eigenvalue weighted by atomic mass is 9.85. The van der Waals surface area contributed by atoms with Crippen molar-refractivity contribution in [1.82, 2.24) is 20.6 Å². The zero-order chi connectivity index (χ0) is 16.4. The van der Waals surface area contributed by atoms with Gasteiger partial charge in [-0.15, -0.1) is 10.2 Å². The monoisotopic (exact) mass is 330 g/mol. The molecule has 0 spiro atoms. The van der Waals surface area contributed by atoms with Crippen LogP contribution in [0.15, 0.2) is 29.2 Å². The molecule has 0 saturated heterocycles. The van der Waals surface area contributed by atoms with Crippen LogP contribution in [0.25, 0.3) is 17.0 Å². The van der Waals surface area contributed by atoms with E-state index in [9.17, 15) is 8.42 Å². The van der Waals surface area contributed by atoms with Crippen LogP contribution in [-0.4, -0.2) is 29.0 Å². The molecule has 8 nitrogen and oxygen atoms in total. The van der Waals surface area contributed by atoms with Gasteiger partial charge in [-0.25, -0.2) is 13.6 Å². The normalized spacial score (nSPS) is 18.3. The minimum Gasteiger partial charge on any atom is -0.225 e. The molecule has 1 aliphatic rings. The zero-order valence-corrected chi connectivity index (χ0v) is 12.9. The molecule has 0 amide bonds. The fourth-order valence-electron chi connectivity index (χ4n) is 2.73. The van der Waals surface area contributed by atoms with Gasteiger partial charge in [-0.3, -0.25) is 0 Å². The highest BCUT2D eigenvalue weighted by atomic mass is 32.2. The molecule has 0 bridgehead atoms. The molecular formula is C14H14N6O2S. The highest BCUT2D eigenvalue weighted by Crippen LogP contribution is 2.37. The van der Waals surface area contributed by atoms with Gasteiger partial charge in [0.25, 0.3) is 0 Å². The zero-order valence-electron chi connectivity index (χ0n) is 12.1. The third-order valence-corrected chi connectivity index (χ3v) is 4.79. The third-order valence-electron chi connectivity index (χ3n) is 3.84. The molecule has 118 valence electrons. The number of hydrogen-bond acceptors (Lipinski definition) is 6. The second-order valence-electron chi connectivity index (χ2n) is 5.29. The van der Waals surface area contributed by atoms with Crippen molar-refractivity contribution in [2.75, 3.05) is 0 Å². The first kappa shape index (κ1) is 15.3. The molecule has 1 aromatic carbocycles. The number of nitrogens with zero attached hydrogens (tertiary/aromatic N) is 4. The number of primary sulfonamides is 1. The Kier molecular flexibility index (Phi) is 3.94. The van der Waals surface area contributed by atoms with Gasteiger partial charge >= 0.3 is 0 Å². The number of aromatic nitrogens is 4. The summed E-state index contributed by atoms with van der Waals surface area (Å²) in [6.45, 7) is 0. The number of nitrogens with two attached hydrogens (primary N) is 1. The fraction of sp³-hybridized carbons (Fsp3) is 0.286. The predicted octanol–water partition coefficient (Wildman–Crippen LogP) is 1.22. The van der Waals surface area contributed by atoms with Crippen LogP contribution in [0.5, 0.6) is 0 Å². The van der Waals surface area contributed by atoms with Crippen LogP contribution in [0, 0.1) is 17.2 Å². The molecule has 9 heteroatoms. The summed E-state index contributed by atoms with van der Waals surface area (Å²) in [4.78, 5) is -0.0419. The number of benzene rings is 1. The van der Waals surface area contributed by atoms with E-state index in [-0.39, 0.29) is 16.6 Å². The van der Waals surface area contributed by atoms with Crippen molar-refractivity contribution in [2.45, 2.75) is 24.2 Å². The molecule has 0 fully saturated rings. The largest absolute Gasteiger partial charge is 0.238 e. The van der Waals surface area contributed by atoms with Gasteiger partial charge in [0.15, 0.2) is 0 Å². The van der Waals surface area contributed by atoms with E-state index in [4.69, 9.17) is 10.4 Å². The number of nitriles is 1. The summed E-state index contributed by atoms with van der Waals surface area (Å²) in [5.41, 5.74) is 2.00. The van der Waals surface area contributed by atoms with Crippen molar-refractivity contribution < 1.29 is 8.42 Å². The quantitative estimate of drug-likeness (QED) is 0.867. The molecule has 0 saturated carbocycles. The minimum atomic E-state index is -3.94. The lowest BCUT2D eigenvalue weighted by Gasteiger charge is -2.19. The summed E-state index contributed by atoms with van der Waals surface area (Å²) in [5, 5.41) is 27.9. The predicted molar refractivity (Wildman–Crippen MR) is 81.9 cm³/mol. The molecule has 0 aliphatic heterocycles. The molecular weight excluding hydrogens is 316 g/mol. The lowest BCUT2D eigenvalue weighted by Crippen LogP contribution is -2.15. The molecule has 1 heterocycles. The van der Waals surface area contributed by atoms with Gasteiger partial charge in [-0.2, -0.15) is 10.5 Å². The second kappa shape index (κ2) is 5.91. The highest BCUT2D eigenvalue weighted by Gasteiger charge is 2.24. The second-order valence-corrected chi connectivity index (χ2v) is 6.82. The van der Waals surface area contributed by atoms with Crippen molar-refractivity contribution >= 4 is 15.6 Å². The summed E-state index contributed by atoms with van der Waals surface area (Å²) >= 11 is 0. The lowest BCUT2D eigenvalue weighted by molar-refractivity contribution is 0.597. The molecule has 2 aromatic rings. The van der Waals surface area contributed by atoms with E-state index in [1.165, 1.54) is 6.07 Å². The summed E-state index contributed by atoms with van der Waals surface area (Å²) in [7, 11) is -3.94. The summed E-state index contributed by atoms with van der Waals surface area (Å²) in [5.74, 6) is 0.168. The highest BCUT2D eigenvalue weighted by molar-refractivity contribution is 7.89. The van der Waals surface area contributed by atoms with E-state index in [1.807, 2.05) is 6.08 Å². The van der Waals surface area contributed by atoms with E-state index in [2.05, 4.69) is 26.7 Å². The molecule has 3 rings (SSSR count). The Morgan fingerprint density at radius 3 is 2.78 bits per heavy atom. The van der Waals surface area contributed by atoms with E-state index in [0.29, 0.717) is 24.0 Å². The summed E-state index contributed by atoms with van der Waals surface area (Å²) < 4.78 is 23.8. The molecule has 0 unspecified atom stereocenters. The van der Waals surface area contributed by atoms with Crippen molar-refractivity contribution in [3.63, 3.8) is 0 Å². The number of hydrogen-bond donors (Lipinski definition) is 2. The Morgan fingerprint density at radius 2 is 2.22 bits per heavy atom. The van der Waals surface area contributed by atoms with E-state index >= 15 is 0 Å². The van der Waals surface area contributed by atoms with E-state index in [1.54, 1.807) is 12.1 Å². The molecule has 0 radical (unpaired) electrons. The smallest absolute Gasteiger partial charge is 0.225 e. The van der Waals surface area contributed by atoms with Gasteiger partial charge < -0.3 is 0 Å². The Balaban J connectivity index is 2.19. The Hall–Kier alpha value is -2.57. The van der Waals surface area contributed by atoms with Crippen LogP contribution < -0.4 is 5.14 Å². The third kappa shape index (κ3) is 2.99. The number of aromatic amines is 1. The molecule has 1 aliphatic carbocycles. The van der Waals surface area contributed by atoms with Crippen molar-refractivity contribution in [2.24, 2.45) is 11.1 Å². The number of nitrogens with one attached hydrogen (secondary N) is 1. The maximum Gasteiger partial charge on any atom is 0.238 e. The number of tetrazole rings is 1. The molecule has 1 aromatic heterocycles. The van der Waals surface area contributed by atoms with Gasteiger partial charge in [0.1, 0.15) is 0 Å². The summed E-state index contributed by atoms with van der Waals surface area (Å²) in [6, 6.07) is 7.12. The average molecular weight is 330 g/mol. The number of H-pyrrole nitrogens is 1. The first-order valence-corrected chi connectivity index (χ1v) is 8.54. The number of sulfonamides is 1. The van der Waals surface area contributed by atoms with Crippen LogP contribution in [0.3, 0.4) is 0 Å². The Labute approximate surface area is 133 Å². The topological polar surface area (TPSA) is 138 Å². The maximum atomic E-state index is 11.9. The minimum absolute atomic E-state index is 0.00574. The molecule has 23 heavy (non-hydrogen) atoms. The van der Waals surface area contributed by atoms with Crippen LogP contribution in [-0.2, 0) is 10.0 Å². The van der Waals surface area contributed by atoms with Gasteiger partial charge in [0.05, 0.1) is 22.4 Å². The maximum absolute atomic E-state index is 11.9. The Morgan fingerprint density at radius 1 is 1.39 bits per heavy atom. The Bertz CT molecular complexity index is 896. The fourth-order valence-corrected chi connectivity index (χ4v) is 3.48. The van der Waals surface area contributed by atoms with E-state index < -0.39 is 10.0 Å². The van der Waals surface area contributed by atoms with Crippen LogP contribution >= 0.6 is 0 Å². The van der Waals surface area contributed by atoms with Crippen LogP contribution in [0.2, 0.25) is 0 Å². The average Bonchev–Trinajstić information content (AvgIpc) is 3.07. The van der Waals surface area contributed by atoms with Crippen molar-refractivity contribution in [1.29, 1.82) is 5.26 Å². The summed E-state index contributed by atoms with van der Waals surface area (Å²) in [6.07, 6.45) is 4.01. The number of allylic oxidation sites excluding steroid dienone is 2. The van der Waals surface area contributed by atoms with Crippen LogP contribution in [0.1, 0.15) is 24.8 Å². The standard InChI is InChI=1S/C14H14N6O2S/c15-8-9-4-6-10(7-5-9)11-2-1-3-12(23(16,21)22)13(11)14-17-19-20-18-14/h1-3,6,9H,4-5,7H2,(H2,16,21,22)(H,17,18,19,20)/t9-/m0/s1. The number of rotatable bonds is 3. The van der Waals surface area contributed by atoms with Crippen molar-refractivity contribution in [3.8, 4) is 17.5 Å². The van der Waals surface area contributed by atoms with Gasteiger partial charge in [0, 0.05) is 0 Å². The molecule has 3 N–H and O–H groups in total. The van der Waals surface area contributed by atoms with Gasteiger partial charge in [-0.05, 0) is 41.7 Å². The first-order chi connectivity index (χ1) is 11.0. The van der Waals surface area contributed by atoms with Gasteiger partial charge in [0.2, 0.25) is 15.8 Å². The SMILES string of the molecule is N#C[C@H]1CC=C(c2cccc(S(N)(=O)=O)c2-c2nn[nH]n2)CC1. The molecule has 1 atom stereocenters. The van der Waals surface area contributed by atoms with Gasteiger partial charge in [-0.1, -0.05) is 18.2 Å². The van der Waals surface area contributed by atoms with Crippen molar-refractivity contribution in [3.05, 3.63) is 29.8 Å².